The predicted molar refractivity (Wildman–Crippen MR) is 121 cm³/mol. The molecule has 0 heterocycles. The first-order valence-electron chi connectivity index (χ1n) is 12.4. The van der Waals surface area contributed by atoms with Crippen LogP contribution >= 0.6 is 0 Å². The molecule has 0 amide bonds. The Labute approximate surface area is 171 Å². The van der Waals surface area contributed by atoms with Gasteiger partial charge in [-0.1, -0.05) is 117 Å². The van der Waals surface area contributed by atoms with E-state index in [1.54, 1.807) is 0 Å². The second kappa shape index (κ2) is 22.2. The molecule has 0 aliphatic carbocycles. The maximum atomic E-state index is 6.08. The van der Waals surface area contributed by atoms with Gasteiger partial charge in [0.2, 0.25) is 0 Å². The Balaban J connectivity index is 3.30. The zero-order valence-corrected chi connectivity index (χ0v) is 18.9. The third-order valence-corrected chi connectivity index (χ3v) is 5.53. The van der Waals surface area contributed by atoms with Crippen molar-refractivity contribution < 1.29 is 4.74 Å². The number of hydrogen-bond acceptors (Lipinski definition) is 3. The second-order valence-electron chi connectivity index (χ2n) is 8.45. The van der Waals surface area contributed by atoms with Gasteiger partial charge in [0.05, 0.1) is 0 Å². The largest absolute Gasteiger partial charge is 0.346 e. The van der Waals surface area contributed by atoms with Crippen molar-refractivity contribution in [3.8, 4) is 0 Å². The molecule has 0 aromatic rings. The third-order valence-electron chi connectivity index (χ3n) is 5.53. The van der Waals surface area contributed by atoms with Crippen molar-refractivity contribution in [2.75, 3.05) is 0 Å². The minimum Gasteiger partial charge on any atom is -0.346 e. The van der Waals surface area contributed by atoms with Crippen LogP contribution in [0.15, 0.2) is 0 Å². The molecule has 2 atom stereocenters. The topological polar surface area (TPSA) is 61.3 Å². The van der Waals surface area contributed by atoms with Gasteiger partial charge >= 0.3 is 0 Å². The molecule has 27 heavy (non-hydrogen) atoms. The van der Waals surface area contributed by atoms with Crippen LogP contribution in [0.2, 0.25) is 0 Å². The Bertz CT molecular complexity index is 247. The molecule has 164 valence electrons. The normalized spacial score (nSPS) is 13.8. The summed E-state index contributed by atoms with van der Waals surface area (Å²) >= 11 is 0. The number of rotatable bonds is 22. The molecule has 0 saturated carbocycles. The van der Waals surface area contributed by atoms with Crippen molar-refractivity contribution in [3.63, 3.8) is 0 Å². The highest BCUT2D eigenvalue weighted by Crippen LogP contribution is 2.13. The van der Waals surface area contributed by atoms with Gasteiger partial charge in [0.25, 0.3) is 0 Å². The summed E-state index contributed by atoms with van der Waals surface area (Å²) in [6.45, 7) is 4.54. The van der Waals surface area contributed by atoms with Gasteiger partial charge in [0.1, 0.15) is 12.5 Å². The molecule has 4 N–H and O–H groups in total. The Morgan fingerprint density at radius 2 is 0.704 bits per heavy atom. The van der Waals surface area contributed by atoms with Crippen LogP contribution in [0.5, 0.6) is 0 Å². The standard InChI is InChI=1S/C24H52N2O/c1-3-5-7-9-11-13-15-17-19-21-23(25)27-24(26)22-20-18-16-14-12-10-8-6-4-2/h23-24H,3-22,25-26H2,1-2H3. The van der Waals surface area contributed by atoms with Crippen LogP contribution in [0.4, 0.5) is 0 Å². The molecule has 3 heteroatoms. The molecule has 0 aromatic carbocycles. The van der Waals surface area contributed by atoms with E-state index >= 15 is 0 Å². The van der Waals surface area contributed by atoms with E-state index in [-0.39, 0.29) is 12.5 Å². The summed E-state index contributed by atoms with van der Waals surface area (Å²) in [5, 5.41) is 0. The van der Waals surface area contributed by atoms with E-state index < -0.39 is 0 Å². The first-order valence-corrected chi connectivity index (χ1v) is 12.4. The zero-order valence-electron chi connectivity index (χ0n) is 18.9. The van der Waals surface area contributed by atoms with Gasteiger partial charge in [-0.25, -0.2) is 0 Å². The van der Waals surface area contributed by atoms with Crippen LogP contribution in [0.1, 0.15) is 142 Å². The van der Waals surface area contributed by atoms with Crippen molar-refractivity contribution in [2.24, 2.45) is 11.5 Å². The SMILES string of the molecule is CCCCCCCCCCCC(N)OC(N)CCCCCCCCCCC. The zero-order chi connectivity index (χ0) is 20.0. The summed E-state index contributed by atoms with van der Waals surface area (Å²) in [5.74, 6) is 0. The fraction of sp³-hybridized carbons (Fsp3) is 1.00. The summed E-state index contributed by atoms with van der Waals surface area (Å²) in [5.41, 5.74) is 12.2. The van der Waals surface area contributed by atoms with E-state index in [2.05, 4.69) is 13.8 Å². The van der Waals surface area contributed by atoms with Crippen LogP contribution in [-0.4, -0.2) is 12.5 Å². The number of nitrogens with two attached hydrogens (primary N) is 2. The molecule has 0 aliphatic heterocycles. The van der Waals surface area contributed by atoms with Crippen LogP contribution < -0.4 is 11.5 Å². The predicted octanol–water partition coefficient (Wildman–Crippen LogP) is 7.41. The van der Waals surface area contributed by atoms with Gasteiger partial charge in [-0.05, 0) is 25.7 Å². The average Bonchev–Trinajstić information content (AvgIpc) is 2.65. The summed E-state index contributed by atoms with van der Waals surface area (Å²) in [6.07, 6.45) is 25.7. The number of unbranched alkanes of at least 4 members (excludes halogenated alkanes) is 16. The van der Waals surface area contributed by atoms with Crippen molar-refractivity contribution in [3.05, 3.63) is 0 Å². The quantitative estimate of drug-likeness (QED) is 0.151. The fourth-order valence-corrected chi connectivity index (χ4v) is 3.67. The summed E-state index contributed by atoms with van der Waals surface area (Å²) in [7, 11) is 0. The Morgan fingerprint density at radius 3 is 1.00 bits per heavy atom. The smallest absolute Gasteiger partial charge is 0.107 e. The van der Waals surface area contributed by atoms with Crippen molar-refractivity contribution >= 4 is 0 Å². The maximum Gasteiger partial charge on any atom is 0.107 e. The van der Waals surface area contributed by atoms with Crippen molar-refractivity contribution in [2.45, 2.75) is 155 Å². The van der Waals surface area contributed by atoms with Crippen LogP contribution in [0.25, 0.3) is 0 Å². The first-order chi connectivity index (χ1) is 13.2. The van der Waals surface area contributed by atoms with Gasteiger partial charge in [-0.15, -0.1) is 0 Å². The Kier molecular flexibility index (Phi) is 22.1. The van der Waals surface area contributed by atoms with Crippen LogP contribution in [0.3, 0.4) is 0 Å². The summed E-state index contributed by atoms with van der Waals surface area (Å²) in [4.78, 5) is 0. The van der Waals surface area contributed by atoms with Gasteiger partial charge in [0.15, 0.2) is 0 Å². The molecule has 0 aliphatic rings. The van der Waals surface area contributed by atoms with Gasteiger partial charge in [0, 0.05) is 0 Å². The molecule has 3 nitrogen and oxygen atoms in total. The molecule has 0 fully saturated rings. The van der Waals surface area contributed by atoms with E-state index in [9.17, 15) is 0 Å². The molecule has 0 spiro atoms. The molecule has 0 rings (SSSR count). The first kappa shape index (κ1) is 26.9. The maximum absolute atomic E-state index is 6.08. The van der Waals surface area contributed by atoms with E-state index in [1.165, 1.54) is 116 Å². The van der Waals surface area contributed by atoms with E-state index in [4.69, 9.17) is 16.2 Å². The molecule has 0 radical (unpaired) electrons. The lowest BCUT2D eigenvalue weighted by Crippen LogP contribution is -2.34. The monoisotopic (exact) mass is 384 g/mol. The number of hydrogen-bond donors (Lipinski definition) is 2. The van der Waals surface area contributed by atoms with Crippen molar-refractivity contribution in [1.29, 1.82) is 0 Å². The van der Waals surface area contributed by atoms with E-state index in [1.807, 2.05) is 0 Å². The molecule has 0 saturated heterocycles. The van der Waals surface area contributed by atoms with Crippen molar-refractivity contribution in [1.82, 2.24) is 0 Å². The van der Waals surface area contributed by atoms with E-state index in [0.29, 0.717) is 0 Å². The van der Waals surface area contributed by atoms with Crippen LogP contribution in [-0.2, 0) is 4.74 Å². The molecular weight excluding hydrogens is 332 g/mol. The third kappa shape index (κ3) is 22.0. The van der Waals surface area contributed by atoms with Gasteiger partial charge < -0.3 is 16.2 Å². The Hall–Kier alpha value is -0.120. The van der Waals surface area contributed by atoms with Gasteiger partial charge in [-0.2, -0.15) is 0 Å². The summed E-state index contributed by atoms with van der Waals surface area (Å²) < 4.78 is 5.75. The fourth-order valence-electron chi connectivity index (χ4n) is 3.67. The minimum atomic E-state index is -0.178. The highest BCUT2D eigenvalue weighted by atomic mass is 16.5. The Morgan fingerprint density at radius 1 is 0.444 bits per heavy atom. The molecular formula is C24H52N2O. The highest BCUT2D eigenvalue weighted by Gasteiger charge is 2.09. The molecule has 0 aromatic heterocycles. The van der Waals surface area contributed by atoms with Crippen LogP contribution in [0, 0.1) is 0 Å². The van der Waals surface area contributed by atoms with Gasteiger partial charge in [-0.3, -0.25) is 0 Å². The van der Waals surface area contributed by atoms with E-state index in [0.717, 1.165) is 12.8 Å². The summed E-state index contributed by atoms with van der Waals surface area (Å²) in [6, 6.07) is 0. The lowest BCUT2D eigenvalue weighted by molar-refractivity contribution is -0.0156. The lowest BCUT2D eigenvalue weighted by Gasteiger charge is -2.19. The molecule has 2 unspecified atom stereocenters. The second-order valence-corrected chi connectivity index (χ2v) is 8.45. The highest BCUT2D eigenvalue weighted by molar-refractivity contribution is 4.56. The molecule has 0 bridgehead atoms. The lowest BCUT2D eigenvalue weighted by atomic mass is 10.1. The minimum absolute atomic E-state index is 0.178. The average molecular weight is 385 g/mol. The number of ether oxygens (including phenoxy) is 1.